The molecule has 2 aromatic carbocycles. The molecule has 3 rings (SSSR count). The molecule has 1 heterocycles. The number of ether oxygens (including phenoxy) is 1. The first-order chi connectivity index (χ1) is 12.5. The number of anilines is 1. The lowest BCUT2D eigenvalue weighted by atomic mass is 10.1. The maximum atomic E-state index is 13.7. The number of carbonyl (C=O) groups excluding carboxylic acids is 2. The van der Waals surface area contributed by atoms with Gasteiger partial charge in [-0.15, -0.1) is 11.3 Å². The van der Waals surface area contributed by atoms with Gasteiger partial charge in [0.2, 0.25) is 0 Å². The van der Waals surface area contributed by atoms with E-state index < -0.39 is 23.5 Å². The predicted octanol–water partition coefficient (Wildman–Crippen LogP) is 4.13. The van der Waals surface area contributed by atoms with Crippen LogP contribution in [-0.2, 0) is 4.74 Å². The molecule has 0 fully saturated rings. The number of nitrogens with zero attached hydrogens (tertiary/aromatic N) is 1. The molecule has 0 aliphatic rings. The van der Waals surface area contributed by atoms with E-state index in [0.717, 1.165) is 29.0 Å². The number of esters is 1. The van der Waals surface area contributed by atoms with Crippen LogP contribution >= 0.6 is 11.3 Å². The molecule has 132 valence electrons. The first-order valence-corrected chi connectivity index (χ1v) is 8.26. The number of amides is 1. The Morgan fingerprint density at radius 1 is 1.12 bits per heavy atom. The summed E-state index contributed by atoms with van der Waals surface area (Å²) >= 11 is 1.16. The zero-order valence-corrected chi connectivity index (χ0v) is 14.3. The minimum Gasteiger partial charge on any atom is -0.465 e. The molecule has 1 N–H and O–H groups in total. The Hall–Kier alpha value is -3.13. The molecule has 0 aliphatic carbocycles. The van der Waals surface area contributed by atoms with E-state index >= 15 is 0 Å². The Bertz CT molecular complexity index is 971. The van der Waals surface area contributed by atoms with Gasteiger partial charge >= 0.3 is 5.97 Å². The van der Waals surface area contributed by atoms with Crippen molar-refractivity contribution in [1.29, 1.82) is 0 Å². The topological polar surface area (TPSA) is 68.3 Å². The molecule has 0 aliphatic heterocycles. The Morgan fingerprint density at radius 2 is 1.85 bits per heavy atom. The van der Waals surface area contributed by atoms with Crippen LogP contribution < -0.4 is 5.32 Å². The van der Waals surface area contributed by atoms with E-state index in [1.165, 1.54) is 7.11 Å². The van der Waals surface area contributed by atoms with E-state index in [4.69, 9.17) is 0 Å². The van der Waals surface area contributed by atoms with Crippen molar-refractivity contribution in [2.24, 2.45) is 0 Å². The van der Waals surface area contributed by atoms with E-state index in [0.29, 0.717) is 17.3 Å². The highest BCUT2D eigenvalue weighted by Crippen LogP contribution is 2.26. The van der Waals surface area contributed by atoms with Crippen molar-refractivity contribution in [1.82, 2.24) is 4.98 Å². The van der Waals surface area contributed by atoms with Crippen molar-refractivity contribution >= 4 is 28.3 Å². The van der Waals surface area contributed by atoms with E-state index in [9.17, 15) is 18.4 Å². The summed E-state index contributed by atoms with van der Waals surface area (Å²) in [4.78, 5) is 27.8. The van der Waals surface area contributed by atoms with Crippen LogP contribution in [0.3, 0.4) is 0 Å². The average molecular weight is 374 g/mol. The number of nitrogens with one attached hydrogen (secondary N) is 1. The summed E-state index contributed by atoms with van der Waals surface area (Å²) in [7, 11) is 1.30. The maximum Gasteiger partial charge on any atom is 0.337 e. The number of benzene rings is 2. The summed E-state index contributed by atoms with van der Waals surface area (Å²) in [6, 6.07) is 9.33. The molecule has 1 amide bonds. The third-order valence-electron chi connectivity index (χ3n) is 3.50. The van der Waals surface area contributed by atoms with Crippen molar-refractivity contribution in [2.75, 3.05) is 12.4 Å². The van der Waals surface area contributed by atoms with Gasteiger partial charge in [0, 0.05) is 17.0 Å². The predicted molar refractivity (Wildman–Crippen MR) is 93.2 cm³/mol. The van der Waals surface area contributed by atoms with Crippen molar-refractivity contribution < 1.29 is 23.1 Å². The molecule has 0 unspecified atom stereocenters. The minimum atomic E-state index is -0.947. The van der Waals surface area contributed by atoms with Crippen molar-refractivity contribution in [2.45, 2.75) is 0 Å². The third-order valence-corrected chi connectivity index (χ3v) is 4.26. The fourth-order valence-corrected chi connectivity index (χ4v) is 2.91. The zero-order chi connectivity index (χ0) is 18.7. The second-order valence-electron chi connectivity index (χ2n) is 5.19. The smallest absolute Gasteiger partial charge is 0.337 e. The van der Waals surface area contributed by atoms with Crippen LogP contribution in [0.5, 0.6) is 0 Å². The van der Waals surface area contributed by atoms with E-state index in [-0.39, 0.29) is 10.7 Å². The summed E-state index contributed by atoms with van der Waals surface area (Å²) in [5.41, 5.74) is 1.46. The minimum absolute atomic E-state index is 0.269. The van der Waals surface area contributed by atoms with E-state index in [1.54, 1.807) is 29.6 Å². The highest BCUT2D eigenvalue weighted by Gasteiger charge is 2.15. The maximum absolute atomic E-state index is 13.7. The molecule has 3 aromatic rings. The molecule has 1 aromatic heterocycles. The first-order valence-electron chi connectivity index (χ1n) is 7.38. The Labute approximate surface area is 151 Å². The summed E-state index contributed by atoms with van der Waals surface area (Å²) in [5, 5.41) is 4.46. The van der Waals surface area contributed by atoms with Crippen LogP contribution in [0.25, 0.3) is 11.3 Å². The lowest BCUT2D eigenvalue weighted by Crippen LogP contribution is -2.13. The van der Waals surface area contributed by atoms with Gasteiger partial charge in [0.1, 0.15) is 11.6 Å². The second-order valence-corrected chi connectivity index (χ2v) is 6.04. The standard InChI is InChI=1S/C18H12F2N2O3S/c1-25-17(24)11-4-2-10(3-5-11)15-9-26-18(21-15)22-16(23)13-7-6-12(19)8-14(13)20/h2-9H,1H3,(H,21,22,23). The van der Waals surface area contributed by atoms with Gasteiger partial charge in [-0.2, -0.15) is 0 Å². The largest absolute Gasteiger partial charge is 0.465 e. The Balaban J connectivity index is 1.75. The summed E-state index contributed by atoms with van der Waals surface area (Å²) in [6.07, 6.45) is 0. The summed E-state index contributed by atoms with van der Waals surface area (Å²) in [5.74, 6) is -2.86. The zero-order valence-electron chi connectivity index (χ0n) is 13.5. The number of hydrogen-bond donors (Lipinski definition) is 1. The quantitative estimate of drug-likeness (QED) is 0.698. The number of carbonyl (C=O) groups is 2. The summed E-state index contributed by atoms with van der Waals surface area (Å²) in [6.45, 7) is 0. The van der Waals surface area contributed by atoms with Gasteiger partial charge in [0.15, 0.2) is 5.13 Å². The fraction of sp³-hybridized carbons (Fsp3) is 0.0556. The van der Waals surface area contributed by atoms with Gasteiger partial charge in [0.25, 0.3) is 5.91 Å². The highest BCUT2D eigenvalue weighted by molar-refractivity contribution is 7.14. The molecule has 0 spiro atoms. The van der Waals surface area contributed by atoms with Crippen LogP contribution in [0, 0.1) is 11.6 Å². The van der Waals surface area contributed by atoms with Crippen LogP contribution in [0.4, 0.5) is 13.9 Å². The van der Waals surface area contributed by atoms with Crippen LogP contribution in [0.2, 0.25) is 0 Å². The molecule has 0 bridgehead atoms. The van der Waals surface area contributed by atoms with Crippen LogP contribution in [-0.4, -0.2) is 24.0 Å². The van der Waals surface area contributed by atoms with Crippen LogP contribution in [0.15, 0.2) is 47.8 Å². The molecule has 0 saturated carbocycles. The molecule has 26 heavy (non-hydrogen) atoms. The third kappa shape index (κ3) is 3.75. The second kappa shape index (κ2) is 7.40. The van der Waals surface area contributed by atoms with Crippen molar-refractivity contribution in [3.63, 3.8) is 0 Å². The van der Waals surface area contributed by atoms with E-state index in [2.05, 4.69) is 15.0 Å². The van der Waals surface area contributed by atoms with Gasteiger partial charge in [-0.1, -0.05) is 12.1 Å². The normalized spacial score (nSPS) is 10.4. The lowest BCUT2D eigenvalue weighted by Gasteiger charge is -2.03. The van der Waals surface area contributed by atoms with Gasteiger partial charge in [-0.25, -0.2) is 18.6 Å². The number of rotatable bonds is 4. The number of hydrogen-bond acceptors (Lipinski definition) is 5. The van der Waals surface area contributed by atoms with Crippen LogP contribution in [0.1, 0.15) is 20.7 Å². The van der Waals surface area contributed by atoms with Gasteiger partial charge in [0.05, 0.1) is 23.9 Å². The molecule has 0 atom stereocenters. The van der Waals surface area contributed by atoms with Gasteiger partial charge in [-0.05, 0) is 24.3 Å². The summed E-state index contributed by atoms with van der Waals surface area (Å²) < 4.78 is 31.2. The van der Waals surface area contributed by atoms with Gasteiger partial charge in [-0.3, -0.25) is 10.1 Å². The number of thiazole rings is 1. The molecule has 5 nitrogen and oxygen atoms in total. The number of halogens is 2. The van der Waals surface area contributed by atoms with E-state index in [1.807, 2.05) is 0 Å². The molecular weight excluding hydrogens is 362 g/mol. The highest BCUT2D eigenvalue weighted by atomic mass is 32.1. The molecule has 0 radical (unpaired) electrons. The number of methoxy groups -OCH3 is 1. The first kappa shape index (κ1) is 17.7. The fourth-order valence-electron chi connectivity index (χ4n) is 2.20. The Morgan fingerprint density at radius 3 is 2.50 bits per heavy atom. The molecular formula is C18H12F2N2O3S. The number of aromatic nitrogens is 1. The average Bonchev–Trinajstić information content (AvgIpc) is 3.09. The van der Waals surface area contributed by atoms with Gasteiger partial charge < -0.3 is 4.74 Å². The lowest BCUT2D eigenvalue weighted by molar-refractivity contribution is 0.0600. The SMILES string of the molecule is COC(=O)c1ccc(-c2csc(NC(=O)c3ccc(F)cc3F)n2)cc1. The van der Waals surface area contributed by atoms with Crippen molar-refractivity contribution in [3.8, 4) is 11.3 Å². The molecule has 0 saturated heterocycles. The molecule has 8 heteroatoms. The Kier molecular flexibility index (Phi) is 5.04. The van der Waals surface area contributed by atoms with Crippen molar-refractivity contribution in [3.05, 3.63) is 70.6 Å². The monoisotopic (exact) mass is 374 g/mol.